The highest BCUT2D eigenvalue weighted by Crippen LogP contribution is 2.29. The summed E-state index contributed by atoms with van der Waals surface area (Å²) in [5.41, 5.74) is 1.23. The molecule has 1 N–H and O–H groups in total. The summed E-state index contributed by atoms with van der Waals surface area (Å²) in [7, 11) is -3.56. The zero-order chi connectivity index (χ0) is 18.6. The average Bonchev–Trinajstić information content (AvgIpc) is 3.21. The van der Waals surface area contributed by atoms with E-state index in [4.69, 9.17) is 0 Å². The first kappa shape index (κ1) is 18.9. The number of sulfonamides is 1. The molecule has 0 saturated carbocycles. The molecule has 1 aromatic carbocycles. The number of nitrogens with one attached hydrogen (secondary N) is 1. The number of hydrogen-bond acceptors (Lipinski definition) is 4. The number of anilines is 1. The normalized spacial score (nSPS) is 18.7. The van der Waals surface area contributed by atoms with Crippen molar-refractivity contribution in [1.82, 2.24) is 9.62 Å². The van der Waals surface area contributed by atoms with E-state index >= 15 is 0 Å². The van der Waals surface area contributed by atoms with Crippen molar-refractivity contribution < 1.29 is 13.2 Å². The van der Waals surface area contributed by atoms with Crippen molar-refractivity contribution >= 4 is 21.6 Å². The SMILES string of the molecule is C=CCNC(=O)c1cc(S(=O)(=O)N2CCCCC2)ccc1N1CCCC1. The van der Waals surface area contributed by atoms with Crippen LogP contribution in [-0.4, -0.2) is 51.4 Å². The van der Waals surface area contributed by atoms with Gasteiger partial charge in [0.1, 0.15) is 0 Å². The highest BCUT2D eigenvalue weighted by molar-refractivity contribution is 7.89. The smallest absolute Gasteiger partial charge is 0.253 e. The number of carbonyl (C=O) groups excluding carboxylic acids is 1. The zero-order valence-corrected chi connectivity index (χ0v) is 15.9. The summed E-state index contributed by atoms with van der Waals surface area (Å²) in [6.45, 7) is 6.84. The summed E-state index contributed by atoms with van der Waals surface area (Å²) in [6.07, 6.45) is 6.62. The molecule has 7 heteroatoms. The lowest BCUT2D eigenvalue weighted by Crippen LogP contribution is -2.36. The lowest BCUT2D eigenvalue weighted by atomic mass is 10.1. The van der Waals surface area contributed by atoms with E-state index in [1.165, 1.54) is 10.4 Å². The van der Waals surface area contributed by atoms with E-state index in [0.29, 0.717) is 25.2 Å². The van der Waals surface area contributed by atoms with Gasteiger partial charge in [0.05, 0.1) is 10.5 Å². The van der Waals surface area contributed by atoms with Crippen LogP contribution < -0.4 is 10.2 Å². The van der Waals surface area contributed by atoms with Crippen LogP contribution in [-0.2, 0) is 10.0 Å². The van der Waals surface area contributed by atoms with Gasteiger partial charge in [-0.05, 0) is 43.9 Å². The fraction of sp³-hybridized carbons (Fsp3) is 0.526. The Bertz CT molecular complexity index is 764. The summed E-state index contributed by atoms with van der Waals surface area (Å²) < 4.78 is 27.5. The number of carbonyl (C=O) groups is 1. The van der Waals surface area contributed by atoms with Crippen molar-refractivity contribution in [2.45, 2.75) is 37.0 Å². The number of nitrogens with zero attached hydrogens (tertiary/aromatic N) is 2. The number of benzene rings is 1. The molecule has 6 nitrogen and oxygen atoms in total. The van der Waals surface area contributed by atoms with E-state index in [-0.39, 0.29) is 10.8 Å². The quantitative estimate of drug-likeness (QED) is 0.773. The molecule has 3 rings (SSSR count). The van der Waals surface area contributed by atoms with Crippen LogP contribution >= 0.6 is 0 Å². The first-order valence-electron chi connectivity index (χ1n) is 9.32. The monoisotopic (exact) mass is 377 g/mol. The van der Waals surface area contributed by atoms with Crippen LogP contribution in [0.4, 0.5) is 5.69 Å². The fourth-order valence-corrected chi connectivity index (χ4v) is 5.15. The van der Waals surface area contributed by atoms with Gasteiger partial charge in [0.2, 0.25) is 10.0 Å². The molecule has 26 heavy (non-hydrogen) atoms. The van der Waals surface area contributed by atoms with Gasteiger partial charge in [-0.1, -0.05) is 12.5 Å². The van der Waals surface area contributed by atoms with Crippen LogP contribution in [0.3, 0.4) is 0 Å². The molecule has 2 fully saturated rings. The molecule has 0 aromatic heterocycles. The third-order valence-corrected chi connectivity index (χ3v) is 6.91. The molecule has 1 aromatic rings. The molecular formula is C19H27N3O3S. The summed E-state index contributed by atoms with van der Waals surface area (Å²) in [4.78, 5) is 15.0. The molecule has 1 amide bonds. The Labute approximate surface area is 155 Å². The number of hydrogen-bond donors (Lipinski definition) is 1. The van der Waals surface area contributed by atoms with Crippen LogP contribution in [0.1, 0.15) is 42.5 Å². The van der Waals surface area contributed by atoms with Crippen LogP contribution in [0.2, 0.25) is 0 Å². The zero-order valence-electron chi connectivity index (χ0n) is 15.1. The highest BCUT2D eigenvalue weighted by Gasteiger charge is 2.28. The Morgan fingerprint density at radius 1 is 1.08 bits per heavy atom. The second-order valence-corrected chi connectivity index (χ2v) is 8.77. The van der Waals surface area contributed by atoms with Gasteiger partial charge in [-0.15, -0.1) is 6.58 Å². The van der Waals surface area contributed by atoms with Crippen LogP contribution in [0, 0.1) is 0 Å². The van der Waals surface area contributed by atoms with Crippen molar-refractivity contribution in [3.63, 3.8) is 0 Å². The molecule has 0 aliphatic carbocycles. The summed E-state index contributed by atoms with van der Waals surface area (Å²) in [6, 6.07) is 4.96. The van der Waals surface area contributed by atoms with E-state index in [1.54, 1.807) is 18.2 Å². The van der Waals surface area contributed by atoms with Crippen LogP contribution in [0.25, 0.3) is 0 Å². The molecule has 2 heterocycles. The number of piperidine rings is 1. The largest absolute Gasteiger partial charge is 0.371 e. The minimum Gasteiger partial charge on any atom is -0.371 e. The lowest BCUT2D eigenvalue weighted by Gasteiger charge is -2.27. The van der Waals surface area contributed by atoms with Crippen molar-refractivity contribution in [3.05, 3.63) is 36.4 Å². The summed E-state index contributed by atoms with van der Waals surface area (Å²) >= 11 is 0. The standard InChI is InChI=1S/C19H27N3O3S/c1-2-10-20-19(23)17-15-16(8-9-18(17)21-11-6-7-12-21)26(24,25)22-13-4-3-5-14-22/h2,8-9,15H,1,3-7,10-14H2,(H,20,23). The average molecular weight is 378 g/mol. The Balaban J connectivity index is 1.96. The van der Waals surface area contributed by atoms with Gasteiger partial charge in [-0.3, -0.25) is 4.79 Å². The molecule has 0 radical (unpaired) electrons. The maximum Gasteiger partial charge on any atom is 0.253 e. The Kier molecular flexibility index (Phi) is 5.98. The van der Waals surface area contributed by atoms with Crippen molar-refractivity contribution in [2.24, 2.45) is 0 Å². The maximum atomic E-state index is 13.0. The van der Waals surface area contributed by atoms with Gasteiger partial charge in [0.25, 0.3) is 5.91 Å². The van der Waals surface area contributed by atoms with E-state index in [2.05, 4.69) is 16.8 Å². The van der Waals surface area contributed by atoms with Gasteiger partial charge >= 0.3 is 0 Å². The molecule has 0 bridgehead atoms. The first-order valence-corrected chi connectivity index (χ1v) is 10.8. The van der Waals surface area contributed by atoms with E-state index < -0.39 is 10.0 Å². The molecule has 0 unspecified atom stereocenters. The lowest BCUT2D eigenvalue weighted by molar-refractivity contribution is 0.0958. The van der Waals surface area contributed by atoms with Gasteiger partial charge in [-0.2, -0.15) is 4.31 Å². The minimum absolute atomic E-state index is 0.200. The maximum absolute atomic E-state index is 13.0. The molecule has 0 atom stereocenters. The van der Waals surface area contributed by atoms with Crippen molar-refractivity contribution in [1.29, 1.82) is 0 Å². The third-order valence-electron chi connectivity index (χ3n) is 5.02. The molecule has 0 spiro atoms. The van der Waals surface area contributed by atoms with Crippen LogP contribution in [0.15, 0.2) is 35.7 Å². The van der Waals surface area contributed by atoms with Crippen molar-refractivity contribution in [3.8, 4) is 0 Å². The van der Waals surface area contributed by atoms with Gasteiger partial charge in [0.15, 0.2) is 0 Å². The molecule has 2 aliphatic heterocycles. The predicted octanol–water partition coefficient (Wildman–Crippen LogP) is 2.38. The topological polar surface area (TPSA) is 69.7 Å². The van der Waals surface area contributed by atoms with E-state index in [0.717, 1.165) is 50.9 Å². The first-order chi connectivity index (χ1) is 12.5. The second kappa shape index (κ2) is 8.22. The second-order valence-electron chi connectivity index (χ2n) is 6.84. The van der Waals surface area contributed by atoms with Gasteiger partial charge in [0, 0.05) is 38.4 Å². The van der Waals surface area contributed by atoms with Gasteiger partial charge in [-0.25, -0.2) is 8.42 Å². The molecular weight excluding hydrogens is 350 g/mol. The summed E-state index contributed by atoms with van der Waals surface area (Å²) in [5.74, 6) is -0.262. The van der Waals surface area contributed by atoms with E-state index in [9.17, 15) is 13.2 Å². The Morgan fingerprint density at radius 2 is 1.73 bits per heavy atom. The number of amides is 1. The Morgan fingerprint density at radius 3 is 2.38 bits per heavy atom. The number of rotatable bonds is 6. The van der Waals surface area contributed by atoms with Gasteiger partial charge < -0.3 is 10.2 Å². The third kappa shape index (κ3) is 3.94. The fourth-order valence-electron chi connectivity index (χ4n) is 3.61. The summed E-state index contributed by atoms with van der Waals surface area (Å²) in [5, 5.41) is 2.78. The molecule has 2 aliphatic rings. The predicted molar refractivity (Wildman–Crippen MR) is 103 cm³/mol. The highest BCUT2D eigenvalue weighted by atomic mass is 32.2. The molecule has 142 valence electrons. The molecule has 2 saturated heterocycles. The van der Waals surface area contributed by atoms with E-state index in [1.807, 2.05) is 0 Å². The van der Waals surface area contributed by atoms with Crippen LogP contribution in [0.5, 0.6) is 0 Å². The van der Waals surface area contributed by atoms with Crippen molar-refractivity contribution in [2.75, 3.05) is 37.6 Å². The minimum atomic E-state index is -3.56. The Hall–Kier alpha value is -1.86.